The highest BCUT2D eigenvalue weighted by atomic mass is 19.4. The molecule has 0 saturated heterocycles. The van der Waals surface area contributed by atoms with Crippen molar-refractivity contribution in [1.82, 2.24) is 14.8 Å². The highest BCUT2D eigenvalue weighted by Crippen LogP contribution is 2.32. The van der Waals surface area contributed by atoms with Crippen LogP contribution in [0, 0.1) is 0 Å². The summed E-state index contributed by atoms with van der Waals surface area (Å²) in [6, 6.07) is 7.66. The van der Waals surface area contributed by atoms with Gasteiger partial charge in [-0.2, -0.15) is 18.3 Å². The van der Waals surface area contributed by atoms with Crippen molar-refractivity contribution in [2.45, 2.75) is 12.7 Å². The van der Waals surface area contributed by atoms with Crippen LogP contribution in [0.5, 0.6) is 0 Å². The SMILES string of the molecule is CON1Cc2c(cccc2-c2ccnn2C)C1=O.O=C(O)C(F)(F)F. The number of carboxylic acids is 1. The van der Waals surface area contributed by atoms with E-state index in [0.29, 0.717) is 12.1 Å². The fraction of sp³-hybridized carbons (Fsp3) is 0.267. The molecule has 10 heteroatoms. The van der Waals surface area contributed by atoms with Gasteiger partial charge in [-0.25, -0.2) is 9.86 Å². The minimum absolute atomic E-state index is 0.0866. The van der Waals surface area contributed by atoms with E-state index < -0.39 is 12.1 Å². The molecule has 0 radical (unpaired) electrons. The first kappa shape index (κ1) is 18.5. The molecule has 3 rings (SSSR count). The predicted molar refractivity (Wildman–Crippen MR) is 79.2 cm³/mol. The highest BCUT2D eigenvalue weighted by Gasteiger charge is 2.38. The fourth-order valence-electron chi connectivity index (χ4n) is 2.33. The molecule has 0 aliphatic carbocycles. The second-order valence-electron chi connectivity index (χ2n) is 5.00. The molecule has 2 heterocycles. The van der Waals surface area contributed by atoms with Crippen molar-refractivity contribution in [3.8, 4) is 11.3 Å². The lowest BCUT2D eigenvalue weighted by Gasteiger charge is -2.11. The Hall–Kier alpha value is -2.88. The molecule has 134 valence electrons. The zero-order valence-electron chi connectivity index (χ0n) is 13.2. The minimum atomic E-state index is -5.08. The van der Waals surface area contributed by atoms with Crippen LogP contribution in [0.1, 0.15) is 15.9 Å². The first-order valence-corrected chi connectivity index (χ1v) is 6.93. The maximum atomic E-state index is 12.0. The number of amides is 1. The number of hydrogen-bond donors (Lipinski definition) is 1. The Balaban J connectivity index is 0.000000277. The van der Waals surface area contributed by atoms with Gasteiger partial charge in [0.2, 0.25) is 0 Å². The maximum absolute atomic E-state index is 12.0. The van der Waals surface area contributed by atoms with Crippen LogP contribution in [0.15, 0.2) is 30.5 Å². The summed E-state index contributed by atoms with van der Waals surface area (Å²) in [6.45, 7) is 0.478. The van der Waals surface area contributed by atoms with E-state index in [1.165, 1.54) is 12.2 Å². The monoisotopic (exact) mass is 357 g/mol. The van der Waals surface area contributed by atoms with E-state index in [1.807, 2.05) is 31.3 Å². The molecule has 0 unspecified atom stereocenters. The summed E-state index contributed by atoms with van der Waals surface area (Å²) in [5, 5.41) is 12.7. The second kappa shape index (κ2) is 6.93. The molecule has 0 spiro atoms. The number of fused-ring (bicyclic) bond motifs is 1. The molecular formula is C15H14F3N3O4. The summed E-state index contributed by atoms with van der Waals surface area (Å²) in [7, 11) is 3.40. The van der Waals surface area contributed by atoms with E-state index in [4.69, 9.17) is 14.7 Å². The predicted octanol–water partition coefficient (Wildman–Crippen LogP) is 2.24. The van der Waals surface area contributed by atoms with Crippen LogP contribution in [0.4, 0.5) is 13.2 Å². The molecule has 0 bridgehead atoms. The number of carbonyl (C=O) groups is 2. The van der Waals surface area contributed by atoms with Crippen molar-refractivity contribution in [2.24, 2.45) is 7.05 Å². The summed E-state index contributed by atoms with van der Waals surface area (Å²) >= 11 is 0. The molecule has 25 heavy (non-hydrogen) atoms. The maximum Gasteiger partial charge on any atom is 0.490 e. The van der Waals surface area contributed by atoms with Crippen LogP contribution < -0.4 is 0 Å². The van der Waals surface area contributed by atoms with Gasteiger partial charge in [0.1, 0.15) is 0 Å². The van der Waals surface area contributed by atoms with Gasteiger partial charge in [-0.1, -0.05) is 12.1 Å². The zero-order valence-corrected chi connectivity index (χ0v) is 13.2. The van der Waals surface area contributed by atoms with E-state index in [9.17, 15) is 18.0 Å². The van der Waals surface area contributed by atoms with Crippen LogP contribution in [-0.2, 0) is 23.2 Å². The Bertz CT molecular complexity index is 802. The smallest absolute Gasteiger partial charge is 0.475 e. The van der Waals surface area contributed by atoms with Crippen molar-refractivity contribution >= 4 is 11.9 Å². The number of aromatic nitrogens is 2. The molecule has 7 nitrogen and oxygen atoms in total. The number of rotatable bonds is 2. The summed E-state index contributed by atoms with van der Waals surface area (Å²) in [5.74, 6) is -2.84. The summed E-state index contributed by atoms with van der Waals surface area (Å²) in [5.41, 5.74) is 3.72. The molecule has 1 aromatic carbocycles. The van der Waals surface area contributed by atoms with E-state index in [-0.39, 0.29) is 5.91 Å². The lowest BCUT2D eigenvalue weighted by Crippen LogP contribution is -2.21. The van der Waals surface area contributed by atoms with Gasteiger partial charge in [-0.05, 0) is 17.7 Å². The second-order valence-corrected chi connectivity index (χ2v) is 5.00. The van der Waals surface area contributed by atoms with Crippen LogP contribution in [-0.4, -0.2) is 45.1 Å². The number of nitrogens with zero attached hydrogens (tertiary/aromatic N) is 3. The molecular weight excluding hydrogens is 343 g/mol. The Morgan fingerprint density at radius 3 is 2.36 bits per heavy atom. The standard InChI is InChI=1S/C13H13N3O2.C2HF3O2/c1-15-12(6-7-14-15)9-4-3-5-10-11(9)8-16(18-2)13(10)17;3-2(4,5)1(6)7/h3-7H,8H2,1-2H3;(H,6,7). The minimum Gasteiger partial charge on any atom is -0.475 e. The number of aliphatic carboxylic acids is 1. The molecule has 1 aromatic heterocycles. The third-order valence-corrected chi connectivity index (χ3v) is 3.49. The topological polar surface area (TPSA) is 84.7 Å². The van der Waals surface area contributed by atoms with Crippen LogP contribution in [0.2, 0.25) is 0 Å². The molecule has 1 aliphatic heterocycles. The van der Waals surface area contributed by atoms with Crippen molar-refractivity contribution in [2.75, 3.05) is 7.11 Å². The van der Waals surface area contributed by atoms with Crippen molar-refractivity contribution in [1.29, 1.82) is 0 Å². The van der Waals surface area contributed by atoms with Crippen molar-refractivity contribution < 1.29 is 32.7 Å². The molecule has 1 N–H and O–H groups in total. The Morgan fingerprint density at radius 2 is 1.88 bits per heavy atom. The summed E-state index contributed by atoms with van der Waals surface area (Å²) in [4.78, 5) is 26.0. The van der Waals surface area contributed by atoms with Crippen molar-refractivity contribution in [3.05, 3.63) is 41.6 Å². The number of aryl methyl sites for hydroxylation is 1. The summed E-state index contributed by atoms with van der Waals surface area (Å²) in [6.07, 6.45) is -3.33. The van der Waals surface area contributed by atoms with Gasteiger partial charge in [0.15, 0.2) is 0 Å². The quantitative estimate of drug-likeness (QED) is 0.891. The normalized spacial score (nSPS) is 13.3. The number of alkyl halides is 3. The van der Waals surface area contributed by atoms with Gasteiger partial charge >= 0.3 is 12.1 Å². The molecule has 0 saturated carbocycles. The molecule has 0 fully saturated rings. The number of hydrogen-bond acceptors (Lipinski definition) is 4. The van der Waals surface area contributed by atoms with E-state index in [0.717, 1.165) is 16.8 Å². The Morgan fingerprint density at radius 1 is 1.28 bits per heavy atom. The first-order valence-electron chi connectivity index (χ1n) is 6.93. The lowest BCUT2D eigenvalue weighted by atomic mass is 10.0. The number of carboxylic acid groups (broad SMARTS) is 1. The summed E-state index contributed by atoms with van der Waals surface area (Å²) < 4.78 is 33.5. The van der Waals surface area contributed by atoms with E-state index in [1.54, 1.807) is 10.9 Å². The van der Waals surface area contributed by atoms with Gasteiger partial charge in [0.25, 0.3) is 5.91 Å². The third kappa shape index (κ3) is 3.79. The van der Waals surface area contributed by atoms with Gasteiger partial charge in [-0.15, -0.1) is 0 Å². The number of carbonyl (C=O) groups excluding carboxylic acids is 1. The highest BCUT2D eigenvalue weighted by molar-refractivity contribution is 5.99. The third-order valence-electron chi connectivity index (χ3n) is 3.49. The number of halogens is 3. The van der Waals surface area contributed by atoms with Gasteiger partial charge in [0, 0.05) is 24.4 Å². The largest absolute Gasteiger partial charge is 0.490 e. The van der Waals surface area contributed by atoms with Crippen molar-refractivity contribution in [3.63, 3.8) is 0 Å². The average Bonchev–Trinajstić information content (AvgIpc) is 3.10. The molecule has 1 aliphatic rings. The van der Waals surface area contributed by atoms with E-state index >= 15 is 0 Å². The van der Waals surface area contributed by atoms with Crippen LogP contribution in [0.25, 0.3) is 11.3 Å². The molecule has 1 amide bonds. The van der Waals surface area contributed by atoms with Gasteiger partial charge in [-0.3, -0.25) is 14.3 Å². The number of hydroxylamine groups is 2. The Kier molecular flexibility index (Phi) is 5.12. The van der Waals surface area contributed by atoms with Crippen LogP contribution in [0.3, 0.4) is 0 Å². The Labute approximate surface area is 140 Å². The molecule has 2 aromatic rings. The fourth-order valence-corrected chi connectivity index (χ4v) is 2.33. The molecule has 0 atom stereocenters. The van der Waals surface area contributed by atoms with E-state index in [2.05, 4.69) is 5.10 Å². The zero-order chi connectivity index (χ0) is 18.8. The van der Waals surface area contributed by atoms with Crippen LogP contribution >= 0.6 is 0 Å². The average molecular weight is 357 g/mol. The lowest BCUT2D eigenvalue weighted by molar-refractivity contribution is -0.192. The number of benzene rings is 1. The van der Waals surface area contributed by atoms with Gasteiger partial charge in [0.05, 0.1) is 19.3 Å². The van der Waals surface area contributed by atoms with Gasteiger partial charge < -0.3 is 5.11 Å². The first-order chi connectivity index (χ1) is 11.7.